The molecule has 18 heavy (non-hydrogen) atoms. The van der Waals surface area contributed by atoms with E-state index in [0.717, 1.165) is 19.5 Å². The van der Waals surface area contributed by atoms with Gasteiger partial charge in [0.1, 0.15) is 0 Å². The molecule has 2 heterocycles. The maximum absolute atomic E-state index is 5.44. The van der Waals surface area contributed by atoms with Crippen LogP contribution in [0.5, 0.6) is 0 Å². The summed E-state index contributed by atoms with van der Waals surface area (Å²) in [6, 6.07) is 0.147. The van der Waals surface area contributed by atoms with Crippen LogP contribution in [0, 0.1) is 6.92 Å². The van der Waals surface area contributed by atoms with E-state index in [1.165, 1.54) is 0 Å². The third-order valence-corrected chi connectivity index (χ3v) is 3.05. The first-order chi connectivity index (χ1) is 8.66. The minimum absolute atomic E-state index is 0.147. The minimum atomic E-state index is 0.147. The number of aryl methyl sites for hydroxylation is 2. The molecule has 0 amide bonds. The summed E-state index contributed by atoms with van der Waals surface area (Å²) >= 11 is 0. The van der Waals surface area contributed by atoms with Crippen LogP contribution in [0.4, 0.5) is 0 Å². The van der Waals surface area contributed by atoms with E-state index in [2.05, 4.69) is 38.6 Å². The maximum Gasteiger partial charge on any atom is 0.233 e. The summed E-state index contributed by atoms with van der Waals surface area (Å²) in [5.41, 5.74) is 0. The van der Waals surface area contributed by atoms with Gasteiger partial charge < -0.3 is 8.98 Å². The highest BCUT2D eigenvalue weighted by molar-refractivity contribution is 4.87. The summed E-state index contributed by atoms with van der Waals surface area (Å²) in [4.78, 5) is 6.23. The van der Waals surface area contributed by atoms with E-state index in [9.17, 15) is 0 Å². The SMILES string of the molecule is Cc1nnc(C(C)N(C)CCCn2ccnc2)o1. The van der Waals surface area contributed by atoms with Gasteiger partial charge in [-0.05, 0) is 20.4 Å². The van der Waals surface area contributed by atoms with E-state index in [-0.39, 0.29) is 6.04 Å². The van der Waals surface area contributed by atoms with Gasteiger partial charge in [-0.3, -0.25) is 4.90 Å². The fraction of sp³-hybridized carbons (Fsp3) is 0.583. The molecule has 0 bridgehead atoms. The first-order valence-electron chi connectivity index (χ1n) is 6.13. The lowest BCUT2D eigenvalue weighted by atomic mass is 10.2. The Labute approximate surface area is 107 Å². The number of imidazole rings is 1. The number of hydrogen-bond acceptors (Lipinski definition) is 5. The molecule has 0 saturated heterocycles. The van der Waals surface area contributed by atoms with Gasteiger partial charge in [0.05, 0.1) is 12.4 Å². The first kappa shape index (κ1) is 12.8. The summed E-state index contributed by atoms with van der Waals surface area (Å²) in [5, 5.41) is 7.91. The van der Waals surface area contributed by atoms with Crippen molar-refractivity contribution in [3.05, 3.63) is 30.5 Å². The fourth-order valence-corrected chi connectivity index (χ4v) is 1.78. The summed E-state index contributed by atoms with van der Waals surface area (Å²) in [6.45, 7) is 5.83. The van der Waals surface area contributed by atoms with Gasteiger partial charge in [0, 0.05) is 32.4 Å². The Bertz CT molecular complexity index is 465. The summed E-state index contributed by atoms with van der Waals surface area (Å²) in [5.74, 6) is 1.29. The molecule has 0 aliphatic carbocycles. The van der Waals surface area contributed by atoms with Gasteiger partial charge in [-0.2, -0.15) is 0 Å². The van der Waals surface area contributed by atoms with Gasteiger partial charge >= 0.3 is 0 Å². The molecule has 0 saturated carbocycles. The Balaban J connectivity index is 1.79. The normalized spacial score (nSPS) is 13.1. The molecule has 98 valence electrons. The topological polar surface area (TPSA) is 60.0 Å². The lowest BCUT2D eigenvalue weighted by Gasteiger charge is -2.21. The lowest BCUT2D eigenvalue weighted by Crippen LogP contribution is -2.24. The van der Waals surface area contributed by atoms with E-state index in [1.807, 2.05) is 19.4 Å². The van der Waals surface area contributed by atoms with Crippen molar-refractivity contribution in [1.82, 2.24) is 24.6 Å². The molecule has 0 aromatic carbocycles. The highest BCUT2D eigenvalue weighted by Crippen LogP contribution is 2.17. The van der Waals surface area contributed by atoms with Crippen molar-refractivity contribution in [3.8, 4) is 0 Å². The van der Waals surface area contributed by atoms with Crippen LogP contribution < -0.4 is 0 Å². The lowest BCUT2D eigenvalue weighted by molar-refractivity contribution is 0.217. The molecule has 0 N–H and O–H groups in total. The molecule has 1 atom stereocenters. The minimum Gasteiger partial charge on any atom is -0.424 e. The monoisotopic (exact) mass is 249 g/mol. The zero-order valence-electron chi connectivity index (χ0n) is 11.1. The van der Waals surface area contributed by atoms with E-state index in [1.54, 1.807) is 6.20 Å². The molecule has 6 nitrogen and oxygen atoms in total. The average Bonchev–Trinajstić information content (AvgIpc) is 2.99. The van der Waals surface area contributed by atoms with Crippen molar-refractivity contribution < 1.29 is 4.42 Å². The number of aromatic nitrogens is 4. The standard InChI is InChI=1S/C12H19N5O/c1-10(12-15-14-11(2)18-12)16(3)6-4-7-17-8-5-13-9-17/h5,8-10H,4,6-7H2,1-3H3. The van der Waals surface area contributed by atoms with Crippen molar-refractivity contribution in [2.24, 2.45) is 0 Å². The Kier molecular flexibility index (Phi) is 4.09. The second-order valence-corrected chi connectivity index (χ2v) is 4.47. The smallest absolute Gasteiger partial charge is 0.233 e. The second kappa shape index (κ2) is 5.77. The van der Waals surface area contributed by atoms with Gasteiger partial charge in [-0.15, -0.1) is 10.2 Å². The van der Waals surface area contributed by atoms with Gasteiger partial charge in [0.2, 0.25) is 11.8 Å². The summed E-state index contributed by atoms with van der Waals surface area (Å²) < 4.78 is 7.52. The van der Waals surface area contributed by atoms with Gasteiger partial charge in [-0.1, -0.05) is 0 Å². The number of hydrogen-bond donors (Lipinski definition) is 0. The molecule has 0 aliphatic rings. The Morgan fingerprint density at radius 3 is 2.89 bits per heavy atom. The van der Waals surface area contributed by atoms with E-state index < -0.39 is 0 Å². The summed E-state index contributed by atoms with van der Waals surface area (Å²) in [7, 11) is 2.07. The number of nitrogens with zero attached hydrogens (tertiary/aromatic N) is 5. The van der Waals surface area contributed by atoms with Gasteiger partial charge in [0.15, 0.2) is 0 Å². The van der Waals surface area contributed by atoms with Crippen LogP contribution in [0.15, 0.2) is 23.1 Å². The quantitative estimate of drug-likeness (QED) is 0.779. The largest absolute Gasteiger partial charge is 0.424 e. The van der Waals surface area contributed by atoms with Gasteiger partial charge in [0.25, 0.3) is 0 Å². The highest BCUT2D eigenvalue weighted by atomic mass is 16.4. The van der Waals surface area contributed by atoms with Crippen molar-refractivity contribution in [2.75, 3.05) is 13.6 Å². The Morgan fingerprint density at radius 1 is 1.44 bits per heavy atom. The molecule has 2 aromatic rings. The molecule has 0 radical (unpaired) electrons. The maximum atomic E-state index is 5.44. The van der Waals surface area contributed by atoms with Crippen molar-refractivity contribution >= 4 is 0 Å². The molecule has 0 spiro atoms. The van der Waals surface area contributed by atoms with E-state index in [0.29, 0.717) is 11.8 Å². The fourth-order valence-electron chi connectivity index (χ4n) is 1.78. The molecule has 1 unspecified atom stereocenters. The molecule has 0 aliphatic heterocycles. The Morgan fingerprint density at radius 2 is 2.28 bits per heavy atom. The Hall–Kier alpha value is -1.69. The number of rotatable bonds is 6. The molecule has 2 rings (SSSR count). The van der Waals surface area contributed by atoms with Crippen LogP contribution in [0.3, 0.4) is 0 Å². The van der Waals surface area contributed by atoms with Crippen LogP contribution >= 0.6 is 0 Å². The zero-order chi connectivity index (χ0) is 13.0. The third-order valence-electron chi connectivity index (χ3n) is 3.05. The van der Waals surface area contributed by atoms with Gasteiger partial charge in [-0.25, -0.2) is 4.98 Å². The van der Waals surface area contributed by atoms with E-state index >= 15 is 0 Å². The van der Waals surface area contributed by atoms with Crippen LogP contribution in [-0.4, -0.2) is 38.2 Å². The van der Waals surface area contributed by atoms with E-state index in [4.69, 9.17) is 4.42 Å². The average molecular weight is 249 g/mol. The zero-order valence-corrected chi connectivity index (χ0v) is 11.1. The summed E-state index contributed by atoms with van der Waals surface area (Å²) in [6.07, 6.45) is 6.67. The predicted molar refractivity (Wildman–Crippen MR) is 66.9 cm³/mol. The predicted octanol–water partition coefficient (Wildman–Crippen LogP) is 1.66. The second-order valence-electron chi connectivity index (χ2n) is 4.47. The van der Waals surface area contributed by atoms with Crippen LogP contribution in [0.1, 0.15) is 31.2 Å². The molecular weight excluding hydrogens is 230 g/mol. The first-order valence-corrected chi connectivity index (χ1v) is 6.13. The van der Waals surface area contributed by atoms with Crippen molar-refractivity contribution in [3.63, 3.8) is 0 Å². The van der Waals surface area contributed by atoms with Crippen LogP contribution in [0.25, 0.3) is 0 Å². The van der Waals surface area contributed by atoms with Crippen LogP contribution in [-0.2, 0) is 6.54 Å². The molecule has 2 aromatic heterocycles. The third kappa shape index (κ3) is 3.16. The van der Waals surface area contributed by atoms with Crippen molar-refractivity contribution in [2.45, 2.75) is 32.9 Å². The molecule has 6 heteroatoms. The highest BCUT2D eigenvalue weighted by Gasteiger charge is 2.16. The molecule has 0 fully saturated rings. The van der Waals surface area contributed by atoms with Crippen LogP contribution in [0.2, 0.25) is 0 Å². The molecular formula is C12H19N5O. The van der Waals surface area contributed by atoms with Crippen molar-refractivity contribution in [1.29, 1.82) is 0 Å².